The number of rotatable bonds is 8. The molecule has 2 aromatic rings. The van der Waals surface area contributed by atoms with Gasteiger partial charge < -0.3 is 15.2 Å². The topological polar surface area (TPSA) is 96.6 Å². The van der Waals surface area contributed by atoms with E-state index in [1.807, 2.05) is 6.07 Å². The molecule has 148 valence electrons. The molecule has 0 amide bonds. The zero-order valence-electron chi connectivity index (χ0n) is 16.3. The fraction of sp³-hybridized carbons (Fsp3) is 0.474. The molecule has 1 aromatic carbocycles. The van der Waals surface area contributed by atoms with Gasteiger partial charge in [0.05, 0.1) is 17.1 Å². The van der Waals surface area contributed by atoms with E-state index in [-0.39, 0.29) is 0 Å². The Morgan fingerprint density at radius 2 is 1.78 bits per heavy atom. The van der Waals surface area contributed by atoms with Gasteiger partial charge in [-0.2, -0.15) is 0 Å². The summed E-state index contributed by atoms with van der Waals surface area (Å²) in [7, 11) is -1.48. The lowest BCUT2D eigenvalue weighted by Crippen LogP contribution is -2.36. The van der Waals surface area contributed by atoms with E-state index in [9.17, 15) is 8.42 Å². The number of guanidine groups is 1. The van der Waals surface area contributed by atoms with Crippen LogP contribution in [0.4, 0.5) is 0 Å². The third-order valence-corrected chi connectivity index (χ3v) is 5.57. The quantitative estimate of drug-likeness (QED) is 0.530. The van der Waals surface area contributed by atoms with Crippen LogP contribution in [0.5, 0.6) is 0 Å². The molecule has 2 N–H and O–H groups in total. The highest BCUT2D eigenvalue weighted by Gasteiger charge is 2.13. The molecule has 8 heteroatoms. The molecule has 0 aliphatic carbocycles. The Bertz CT molecular complexity index is 853. The summed E-state index contributed by atoms with van der Waals surface area (Å²) in [6.45, 7) is 5.31. The average Bonchev–Trinajstić information content (AvgIpc) is 3.11. The molecule has 0 saturated heterocycles. The number of aromatic nitrogens is 1. The van der Waals surface area contributed by atoms with E-state index in [1.54, 1.807) is 31.3 Å². The van der Waals surface area contributed by atoms with Crippen LogP contribution in [-0.2, 0) is 22.9 Å². The molecule has 0 aliphatic rings. The van der Waals surface area contributed by atoms with Crippen LogP contribution in [0.3, 0.4) is 0 Å². The van der Waals surface area contributed by atoms with Crippen molar-refractivity contribution in [2.45, 2.75) is 50.6 Å². The summed E-state index contributed by atoms with van der Waals surface area (Å²) < 4.78 is 28.4. The minimum atomic E-state index is -3.18. The molecular formula is C19H28N4O3S. The second-order valence-corrected chi connectivity index (χ2v) is 8.44. The predicted octanol–water partition coefficient (Wildman–Crippen LogP) is 2.85. The molecule has 0 saturated carbocycles. The summed E-state index contributed by atoms with van der Waals surface area (Å²) in [5.74, 6) is 1.81. The molecule has 27 heavy (non-hydrogen) atoms. The second-order valence-electron chi connectivity index (χ2n) is 6.43. The molecule has 0 radical (unpaired) electrons. The van der Waals surface area contributed by atoms with Crippen LogP contribution >= 0.6 is 0 Å². The SMILES string of the molecule is CCC(CC)c1cc(CNC(=NC)NCc2ccc(S(C)(=O)=O)cc2)on1. The Labute approximate surface area is 161 Å². The molecule has 0 unspecified atom stereocenters. The van der Waals surface area contributed by atoms with Gasteiger partial charge in [-0.05, 0) is 30.5 Å². The highest BCUT2D eigenvalue weighted by Crippen LogP contribution is 2.22. The predicted molar refractivity (Wildman–Crippen MR) is 106 cm³/mol. The van der Waals surface area contributed by atoms with E-state index in [0.717, 1.165) is 29.9 Å². The number of hydrogen-bond acceptors (Lipinski definition) is 5. The molecule has 0 bridgehead atoms. The zero-order valence-corrected chi connectivity index (χ0v) is 17.1. The summed E-state index contributed by atoms with van der Waals surface area (Å²) in [4.78, 5) is 4.50. The summed E-state index contributed by atoms with van der Waals surface area (Å²) in [6.07, 6.45) is 3.28. The van der Waals surface area contributed by atoms with E-state index in [4.69, 9.17) is 4.52 Å². The van der Waals surface area contributed by atoms with Gasteiger partial charge in [-0.25, -0.2) is 8.42 Å². The van der Waals surface area contributed by atoms with Crippen molar-refractivity contribution in [1.82, 2.24) is 15.8 Å². The number of sulfone groups is 1. The minimum Gasteiger partial charge on any atom is -0.359 e. The van der Waals surface area contributed by atoms with Crippen molar-refractivity contribution in [3.05, 3.63) is 47.3 Å². The zero-order chi connectivity index (χ0) is 19.9. The normalized spacial score (nSPS) is 12.4. The van der Waals surface area contributed by atoms with E-state index in [2.05, 4.69) is 34.6 Å². The molecular weight excluding hydrogens is 364 g/mol. The average molecular weight is 393 g/mol. The molecule has 1 heterocycles. The van der Waals surface area contributed by atoms with E-state index in [0.29, 0.717) is 29.9 Å². The third kappa shape index (κ3) is 6.09. The Morgan fingerprint density at radius 1 is 1.15 bits per heavy atom. The van der Waals surface area contributed by atoms with Crippen LogP contribution in [0, 0.1) is 0 Å². The van der Waals surface area contributed by atoms with E-state index >= 15 is 0 Å². The first-order valence-electron chi connectivity index (χ1n) is 9.06. The van der Waals surface area contributed by atoms with Gasteiger partial charge in [-0.15, -0.1) is 0 Å². The van der Waals surface area contributed by atoms with Gasteiger partial charge in [0.2, 0.25) is 0 Å². The molecule has 0 spiro atoms. The van der Waals surface area contributed by atoms with Crippen LogP contribution in [-0.4, -0.2) is 32.8 Å². The van der Waals surface area contributed by atoms with Crippen LogP contribution in [0.1, 0.15) is 49.6 Å². The van der Waals surface area contributed by atoms with Crippen molar-refractivity contribution < 1.29 is 12.9 Å². The standard InChI is InChI=1S/C19H28N4O3S/c1-5-15(6-2)18-11-16(26-23-18)13-22-19(20-3)21-12-14-7-9-17(10-8-14)27(4,24)25/h7-11,15H,5-6,12-13H2,1-4H3,(H2,20,21,22). The lowest BCUT2D eigenvalue weighted by Gasteiger charge is -2.11. The first-order valence-corrected chi connectivity index (χ1v) is 11.0. The third-order valence-electron chi connectivity index (χ3n) is 4.45. The van der Waals surface area contributed by atoms with Crippen molar-refractivity contribution in [3.63, 3.8) is 0 Å². The number of nitrogens with zero attached hydrogens (tertiary/aromatic N) is 2. The van der Waals surface area contributed by atoms with Gasteiger partial charge in [0.15, 0.2) is 21.6 Å². The number of aliphatic imine (C=N–C) groups is 1. The van der Waals surface area contributed by atoms with Crippen LogP contribution in [0.25, 0.3) is 0 Å². The molecule has 2 rings (SSSR count). The maximum atomic E-state index is 11.5. The minimum absolute atomic E-state index is 0.312. The highest BCUT2D eigenvalue weighted by molar-refractivity contribution is 7.90. The van der Waals surface area contributed by atoms with Crippen LogP contribution in [0.15, 0.2) is 44.7 Å². The van der Waals surface area contributed by atoms with Crippen molar-refractivity contribution in [3.8, 4) is 0 Å². The van der Waals surface area contributed by atoms with Gasteiger partial charge >= 0.3 is 0 Å². The molecule has 0 atom stereocenters. The van der Waals surface area contributed by atoms with Gasteiger partial charge in [-0.3, -0.25) is 4.99 Å². The lowest BCUT2D eigenvalue weighted by molar-refractivity contribution is 0.368. The number of hydrogen-bond donors (Lipinski definition) is 2. The summed E-state index contributed by atoms with van der Waals surface area (Å²) in [5, 5.41) is 10.5. The highest BCUT2D eigenvalue weighted by atomic mass is 32.2. The van der Waals surface area contributed by atoms with Gasteiger partial charge in [0, 0.05) is 31.8 Å². The molecule has 1 aromatic heterocycles. The monoisotopic (exact) mass is 392 g/mol. The molecule has 7 nitrogen and oxygen atoms in total. The Kier molecular flexibility index (Phi) is 7.41. The van der Waals surface area contributed by atoms with Gasteiger partial charge in [-0.1, -0.05) is 31.1 Å². The molecule has 0 aliphatic heterocycles. The van der Waals surface area contributed by atoms with Crippen molar-refractivity contribution in [2.75, 3.05) is 13.3 Å². The Balaban J connectivity index is 1.87. The van der Waals surface area contributed by atoms with Gasteiger partial charge in [0.1, 0.15) is 0 Å². The van der Waals surface area contributed by atoms with Crippen molar-refractivity contribution >= 4 is 15.8 Å². The largest absolute Gasteiger partial charge is 0.359 e. The summed E-state index contributed by atoms with van der Waals surface area (Å²) >= 11 is 0. The van der Waals surface area contributed by atoms with Crippen LogP contribution in [0.2, 0.25) is 0 Å². The first-order chi connectivity index (χ1) is 12.9. The first kappa shape index (κ1) is 21.0. The lowest BCUT2D eigenvalue weighted by atomic mass is 9.99. The number of benzene rings is 1. The van der Waals surface area contributed by atoms with Crippen molar-refractivity contribution in [2.24, 2.45) is 4.99 Å². The number of nitrogens with one attached hydrogen (secondary N) is 2. The smallest absolute Gasteiger partial charge is 0.191 e. The van der Waals surface area contributed by atoms with Crippen LogP contribution < -0.4 is 10.6 Å². The fourth-order valence-corrected chi connectivity index (χ4v) is 3.37. The van der Waals surface area contributed by atoms with Gasteiger partial charge in [0.25, 0.3) is 0 Å². The maximum Gasteiger partial charge on any atom is 0.191 e. The Morgan fingerprint density at radius 3 is 2.33 bits per heavy atom. The summed E-state index contributed by atoms with van der Waals surface area (Å²) in [5.41, 5.74) is 1.95. The Hall–Kier alpha value is -2.35. The molecule has 0 fully saturated rings. The maximum absolute atomic E-state index is 11.5. The summed E-state index contributed by atoms with van der Waals surface area (Å²) in [6, 6.07) is 8.78. The van der Waals surface area contributed by atoms with Crippen molar-refractivity contribution in [1.29, 1.82) is 0 Å². The second kappa shape index (κ2) is 9.55. The van der Waals surface area contributed by atoms with E-state index < -0.39 is 9.84 Å². The van der Waals surface area contributed by atoms with E-state index in [1.165, 1.54) is 6.26 Å². The fourth-order valence-electron chi connectivity index (χ4n) is 2.74.